The predicted octanol–water partition coefficient (Wildman–Crippen LogP) is 3.66. The first-order valence-corrected chi connectivity index (χ1v) is 7.48. The molecule has 2 N–H and O–H groups in total. The molecular weight excluding hydrogens is 294 g/mol. The summed E-state index contributed by atoms with van der Waals surface area (Å²) < 4.78 is 2.50. The van der Waals surface area contributed by atoms with Gasteiger partial charge >= 0.3 is 0 Å². The van der Waals surface area contributed by atoms with E-state index in [4.69, 9.17) is 23.8 Å². The normalized spacial score (nSPS) is 12.6. The van der Waals surface area contributed by atoms with E-state index in [0.29, 0.717) is 22.8 Å². The summed E-state index contributed by atoms with van der Waals surface area (Å²) in [5.41, 5.74) is 1.75. The van der Waals surface area contributed by atoms with Crippen LogP contribution < -0.4 is 5.32 Å². The van der Waals surface area contributed by atoms with E-state index in [0.717, 1.165) is 17.5 Å². The average molecular weight is 312 g/mol. The Labute approximate surface area is 128 Å². The fourth-order valence-corrected chi connectivity index (χ4v) is 2.54. The first-order chi connectivity index (χ1) is 9.52. The second-order valence-corrected chi connectivity index (χ2v) is 5.64. The molecule has 108 valence electrons. The van der Waals surface area contributed by atoms with Gasteiger partial charge in [-0.1, -0.05) is 24.6 Å². The van der Waals surface area contributed by atoms with E-state index >= 15 is 0 Å². The Kier molecular flexibility index (Phi) is 4.83. The van der Waals surface area contributed by atoms with Gasteiger partial charge in [-0.15, -0.1) is 0 Å². The third kappa shape index (κ3) is 3.22. The molecule has 1 amide bonds. The number of aromatic amines is 1. The number of benzene rings is 1. The summed E-state index contributed by atoms with van der Waals surface area (Å²) in [6.45, 7) is 4.58. The topological polar surface area (TPSA) is 49.8 Å². The van der Waals surface area contributed by atoms with Crippen LogP contribution in [-0.2, 0) is 11.3 Å². The molecule has 1 heterocycles. The lowest BCUT2D eigenvalue weighted by atomic mass is 10.2. The number of nitrogens with zero attached hydrogens (tertiary/aromatic N) is 1. The number of para-hydroxylation sites is 1. The first-order valence-electron chi connectivity index (χ1n) is 6.69. The van der Waals surface area contributed by atoms with Gasteiger partial charge in [-0.2, -0.15) is 0 Å². The van der Waals surface area contributed by atoms with Gasteiger partial charge in [0.1, 0.15) is 0 Å². The van der Waals surface area contributed by atoms with Crippen molar-refractivity contribution in [2.75, 3.05) is 0 Å². The highest BCUT2D eigenvalue weighted by molar-refractivity contribution is 7.71. The van der Waals surface area contributed by atoms with Crippen LogP contribution in [0.15, 0.2) is 18.2 Å². The Hall–Kier alpha value is -1.33. The van der Waals surface area contributed by atoms with Crippen LogP contribution in [0.5, 0.6) is 0 Å². The highest BCUT2D eigenvalue weighted by Gasteiger charge is 2.10. The van der Waals surface area contributed by atoms with Crippen LogP contribution in [0.4, 0.5) is 0 Å². The summed E-state index contributed by atoms with van der Waals surface area (Å²) in [6.07, 6.45) is 1.33. The van der Waals surface area contributed by atoms with Crippen molar-refractivity contribution in [1.29, 1.82) is 0 Å². The molecular formula is C14H18ClN3OS. The number of aromatic nitrogens is 2. The van der Waals surface area contributed by atoms with Gasteiger partial charge in [-0.3, -0.25) is 4.79 Å². The van der Waals surface area contributed by atoms with Crippen LogP contribution in [0.25, 0.3) is 11.0 Å². The van der Waals surface area contributed by atoms with Gasteiger partial charge in [0.2, 0.25) is 5.91 Å². The minimum absolute atomic E-state index is 0.0395. The molecule has 0 aliphatic rings. The molecule has 1 aromatic heterocycles. The van der Waals surface area contributed by atoms with E-state index in [1.807, 2.05) is 36.6 Å². The summed E-state index contributed by atoms with van der Waals surface area (Å²) >= 11 is 11.4. The van der Waals surface area contributed by atoms with E-state index < -0.39 is 0 Å². The Morgan fingerprint density at radius 3 is 3.00 bits per heavy atom. The molecule has 0 radical (unpaired) electrons. The lowest BCUT2D eigenvalue weighted by Crippen LogP contribution is -2.32. The third-order valence-corrected chi connectivity index (χ3v) is 3.98. The van der Waals surface area contributed by atoms with Crippen LogP contribution in [-0.4, -0.2) is 21.5 Å². The zero-order valence-electron chi connectivity index (χ0n) is 11.6. The molecule has 1 atom stereocenters. The van der Waals surface area contributed by atoms with E-state index in [1.54, 1.807) is 0 Å². The number of amides is 1. The lowest BCUT2D eigenvalue weighted by molar-refractivity contribution is -0.121. The molecule has 0 fully saturated rings. The largest absolute Gasteiger partial charge is 0.354 e. The van der Waals surface area contributed by atoms with E-state index in [2.05, 4.69) is 10.3 Å². The average Bonchev–Trinajstić information content (AvgIpc) is 2.74. The standard InChI is InChI=1S/C14H18ClN3OS/c1-3-9(2)16-12(19)7-8-18-11-6-4-5-10(15)13(11)17-14(18)20/h4-6,9H,3,7-8H2,1-2H3,(H,16,19)(H,17,20). The number of rotatable bonds is 5. The first kappa shape index (κ1) is 15.1. The summed E-state index contributed by atoms with van der Waals surface area (Å²) in [5, 5.41) is 3.58. The van der Waals surface area contributed by atoms with Gasteiger partial charge in [-0.05, 0) is 37.7 Å². The number of nitrogens with one attached hydrogen (secondary N) is 2. The maximum absolute atomic E-state index is 11.8. The number of carbonyl (C=O) groups is 1. The van der Waals surface area contributed by atoms with Crippen molar-refractivity contribution < 1.29 is 4.79 Å². The summed E-state index contributed by atoms with van der Waals surface area (Å²) in [5.74, 6) is 0.0395. The van der Waals surface area contributed by atoms with Crippen LogP contribution >= 0.6 is 23.8 Å². The van der Waals surface area contributed by atoms with Crippen molar-refractivity contribution in [1.82, 2.24) is 14.9 Å². The van der Waals surface area contributed by atoms with E-state index in [1.165, 1.54) is 0 Å². The lowest BCUT2D eigenvalue weighted by Gasteiger charge is -2.11. The molecule has 2 aromatic rings. The molecule has 0 saturated carbocycles. The van der Waals surface area contributed by atoms with Crippen LogP contribution in [0.3, 0.4) is 0 Å². The molecule has 0 aliphatic carbocycles. The zero-order valence-corrected chi connectivity index (χ0v) is 13.1. The third-order valence-electron chi connectivity index (χ3n) is 3.34. The fraction of sp³-hybridized carbons (Fsp3) is 0.429. The highest BCUT2D eigenvalue weighted by atomic mass is 35.5. The number of halogens is 1. The second-order valence-electron chi connectivity index (χ2n) is 4.84. The molecule has 0 saturated heterocycles. The van der Waals surface area contributed by atoms with Crippen LogP contribution in [0.1, 0.15) is 26.7 Å². The van der Waals surface area contributed by atoms with Gasteiger partial charge in [0.05, 0.1) is 16.1 Å². The Balaban J connectivity index is 2.14. The SMILES string of the molecule is CCC(C)NC(=O)CCn1c(=S)[nH]c2c(Cl)cccc21. The maximum atomic E-state index is 11.8. The van der Waals surface area contributed by atoms with E-state index in [-0.39, 0.29) is 11.9 Å². The summed E-state index contributed by atoms with van der Waals surface area (Å²) in [4.78, 5) is 14.9. The van der Waals surface area contributed by atoms with Crippen LogP contribution in [0, 0.1) is 4.77 Å². The van der Waals surface area contributed by atoms with Crippen molar-refractivity contribution in [3.63, 3.8) is 0 Å². The number of carbonyl (C=O) groups excluding carboxylic acids is 1. The predicted molar refractivity (Wildman–Crippen MR) is 84.6 cm³/mol. The molecule has 4 nitrogen and oxygen atoms in total. The molecule has 0 aliphatic heterocycles. The van der Waals surface area contributed by atoms with Crippen molar-refractivity contribution in [2.24, 2.45) is 0 Å². The molecule has 6 heteroatoms. The summed E-state index contributed by atoms with van der Waals surface area (Å²) in [7, 11) is 0. The molecule has 1 aromatic carbocycles. The Bertz CT molecular complexity index is 677. The van der Waals surface area contributed by atoms with Gasteiger partial charge < -0.3 is 14.9 Å². The van der Waals surface area contributed by atoms with Crippen molar-refractivity contribution in [3.05, 3.63) is 28.0 Å². The fourth-order valence-electron chi connectivity index (χ4n) is 2.03. The molecule has 1 unspecified atom stereocenters. The summed E-state index contributed by atoms with van der Waals surface area (Å²) in [6, 6.07) is 5.84. The Morgan fingerprint density at radius 1 is 1.55 bits per heavy atom. The number of hydrogen-bond acceptors (Lipinski definition) is 2. The second kappa shape index (κ2) is 6.41. The van der Waals surface area contributed by atoms with Gasteiger partial charge in [-0.25, -0.2) is 0 Å². The van der Waals surface area contributed by atoms with Crippen molar-refractivity contribution in [2.45, 2.75) is 39.3 Å². The van der Waals surface area contributed by atoms with Crippen LogP contribution in [0.2, 0.25) is 5.02 Å². The molecule has 2 rings (SSSR count). The maximum Gasteiger partial charge on any atom is 0.222 e. The quantitative estimate of drug-likeness (QED) is 0.828. The molecule has 20 heavy (non-hydrogen) atoms. The minimum Gasteiger partial charge on any atom is -0.354 e. The van der Waals surface area contributed by atoms with Crippen molar-refractivity contribution in [3.8, 4) is 0 Å². The number of imidazole rings is 1. The molecule has 0 spiro atoms. The van der Waals surface area contributed by atoms with Gasteiger partial charge in [0.25, 0.3) is 0 Å². The number of fused-ring (bicyclic) bond motifs is 1. The number of H-pyrrole nitrogens is 1. The number of aryl methyl sites for hydroxylation is 1. The van der Waals surface area contributed by atoms with Gasteiger partial charge in [0, 0.05) is 19.0 Å². The monoisotopic (exact) mass is 311 g/mol. The van der Waals surface area contributed by atoms with Gasteiger partial charge in [0.15, 0.2) is 4.77 Å². The van der Waals surface area contributed by atoms with Crippen molar-refractivity contribution >= 4 is 40.8 Å². The van der Waals surface area contributed by atoms with E-state index in [9.17, 15) is 4.79 Å². The minimum atomic E-state index is 0.0395. The zero-order chi connectivity index (χ0) is 14.7. The molecule has 0 bridgehead atoms. The highest BCUT2D eigenvalue weighted by Crippen LogP contribution is 2.22. The Morgan fingerprint density at radius 2 is 2.30 bits per heavy atom. The number of hydrogen-bond donors (Lipinski definition) is 2. The smallest absolute Gasteiger partial charge is 0.222 e.